The molecule has 8 heteroatoms. The van der Waals surface area contributed by atoms with E-state index in [2.05, 4.69) is 31.6 Å². The number of hydrogen-bond donors (Lipinski definition) is 2. The average Bonchev–Trinajstić information content (AvgIpc) is 2.96. The highest BCUT2D eigenvalue weighted by atomic mass is 35.5. The fraction of sp³-hybridized carbons (Fsp3) is 0.0769. The summed E-state index contributed by atoms with van der Waals surface area (Å²) in [5.74, 6) is 1.03. The number of halogens is 1. The Balaban J connectivity index is 2.06. The third-order valence-corrected chi connectivity index (χ3v) is 3.04. The van der Waals surface area contributed by atoms with Crippen LogP contribution in [0.3, 0.4) is 0 Å². The van der Waals surface area contributed by atoms with Gasteiger partial charge in [0, 0.05) is 6.07 Å². The molecule has 7 nitrogen and oxygen atoms in total. The summed E-state index contributed by atoms with van der Waals surface area (Å²) >= 11 is 5.88. The van der Waals surface area contributed by atoms with Gasteiger partial charge in [0.25, 0.3) is 0 Å². The minimum Gasteiger partial charge on any atom is -0.495 e. The molecular weight excluding hydrogens is 292 g/mol. The second kappa shape index (κ2) is 5.26. The van der Waals surface area contributed by atoms with Gasteiger partial charge in [-0.2, -0.15) is 20.3 Å². The molecule has 0 saturated carbocycles. The molecule has 104 valence electrons. The fourth-order valence-electron chi connectivity index (χ4n) is 1.89. The van der Waals surface area contributed by atoms with Gasteiger partial charge in [0.2, 0.25) is 5.28 Å². The van der Waals surface area contributed by atoms with E-state index in [4.69, 9.17) is 21.6 Å². The van der Waals surface area contributed by atoms with Crippen LogP contribution >= 0.6 is 11.6 Å². The number of rotatable bonds is 3. The van der Waals surface area contributed by atoms with Gasteiger partial charge in [-0.1, -0.05) is 0 Å². The Morgan fingerprint density at radius 1 is 1.38 bits per heavy atom. The molecule has 3 rings (SSSR count). The highest BCUT2D eigenvalue weighted by Gasteiger charge is 2.11. The number of hydrogen-bond acceptors (Lipinski definition) is 6. The molecule has 1 aromatic carbocycles. The summed E-state index contributed by atoms with van der Waals surface area (Å²) in [4.78, 5) is 8.18. The number of aromatic amines is 1. The van der Waals surface area contributed by atoms with Gasteiger partial charge in [-0.05, 0) is 23.7 Å². The highest BCUT2D eigenvalue weighted by molar-refractivity contribution is 6.28. The first-order chi connectivity index (χ1) is 10.2. The SMILES string of the molecule is COc1cc(C#N)ccc1Nc1nc(Cl)nc2[nH]ncc12. The van der Waals surface area contributed by atoms with Gasteiger partial charge in [0.15, 0.2) is 5.65 Å². The predicted octanol–water partition coefficient (Wildman–Crippen LogP) is 2.63. The Labute approximate surface area is 124 Å². The molecule has 2 aromatic heterocycles. The maximum atomic E-state index is 8.91. The maximum Gasteiger partial charge on any atom is 0.226 e. The van der Waals surface area contributed by atoms with E-state index >= 15 is 0 Å². The van der Waals surface area contributed by atoms with Gasteiger partial charge in [-0.25, -0.2) is 0 Å². The van der Waals surface area contributed by atoms with Gasteiger partial charge in [-0.3, -0.25) is 5.10 Å². The zero-order valence-electron chi connectivity index (χ0n) is 10.9. The molecular formula is C13H9ClN6O. The minimum absolute atomic E-state index is 0.0989. The van der Waals surface area contributed by atoms with Crippen LogP contribution in [0.2, 0.25) is 5.28 Å². The molecule has 0 saturated heterocycles. The average molecular weight is 301 g/mol. The summed E-state index contributed by atoms with van der Waals surface area (Å²) in [6.07, 6.45) is 1.60. The van der Waals surface area contributed by atoms with Crippen LogP contribution in [0.4, 0.5) is 11.5 Å². The van der Waals surface area contributed by atoms with Crippen LogP contribution in [-0.4, -0.2) is 27.3 Å². The van der Waals surface area contributed by atoms with Crippen LogP contribution in [0, 0.1) is 11.3 Å². The van der Waals surface area contributed by atoms with E-state index in [-0.39, 0.29) is 5.28 Å². The predicted molar refractivity (Wildman–Crippen MR) is 77.7 cm³/mol. The molecule has 2 N–H and O–H groups in total. The first-order valence-electron chi connectivity index (χ1n) is 5.93. The second-order valence-electron chi connectivity index (χ2n) is 4.13. The van der Waals surface area contributed by atoms with Crippen molar-refractivity contribution >= 4 is 34.1 Å². The zero-order chi connectivity index (χ0) is 14.8. The van der Waals surface area contributed by atoms with E-state index in [0.717, 1.165) is 0 Å². The number of ether oxygens (including phenoxy) is 1. The van der Waals surface area contributed by atoms with Crippen molar-refractivity contribution in [2.75, 3.05) is 12.4 Å². The number of H-pyrrole nitrogens is 1. The largest absolute Gasteiger partial charge is 0.495 e. The number of nitrogens with zero attached hydrogens (tertiary/aromatic N) is 4. The Hall–Kier alpha value is -2.85. The summed E-state index contributed by atoms with van der Waals surface area (Å²) in [5, 5.41) is 19.5. The monoisotopic (exact) mass is 300 g/mol. The Morgan fingerprint density at radius 3 is 3.00 bits per heavy atom. The van der Waals surface area contributed by atoms with E-state index in [1.54, 1.807) is 24.4 Å². The van der Waals surface area contributed by atoms with Crippen molar-refractivity contribution < 1.29 is 4.74 Å². The quantitative estimate of drug-likeness (QED) is 0.721. The molecule has 0 aliphatic carbocycles. The van der Waals surface area contributed by atoms with Crippen molar-refractivity contribution in [1.29, 1.82) is 5.26 Å². The van der Waals surface area contributed by atoms with Gasteiger partial charge < -0.3 is 10.1 Å². The van der Waals surface area contributed by atoms with Crippen LogP contribution in [-0.2, 0) is 0 Å². The minimum atomic E-state index is 0.0989. The van der Waals surface area contributed by atoms with E-state index < -0.39 is 0 Å². The summed E-state index contributed by atoms with van der Waals surface area (Å²) in [6, 6.07) is 7.11. The Morgan fingerprint density at radius 2 is 2.24 bits per heavy atom. The fourth-order valence-corrected chi connectivity index (χ4v) is 2.06. The molecule has 0 radical (unpaired) electrons. The zero-order valence-corrected chi connectivity index (χ0v) is 11.6. The third kappa shape index (κ3) is 2.44. The molecule has 0 aliphatic heterocycles. The van der Waals surface area contributed by atoms with Crippen LogP contribution in [0.1, 0.15) is 5.56 Å². The van der Waals surface area contributed by atoms with E-state index in [0.29, 0.717) is 33.9 Å². The Bertz CT molecular complexity index is 853. The molecule has 0 aliphatic rings. The molecule has 0 amide bonds. The number of methoxy groups -OCH3 is 1. The lowest BCUT2D eigenvalue weighted by Crippen LogP contribution is -1.99. The normalized spacial score (nSPS) is 10.3. The Kier molecular flexibility index (Phi) is 3.30. The molecule has 0 bridgehead atoms. The van der Waals surface area contributed by atoms with Crippen LogP contribution in [0.5, 0.6) is 5.75 Å². The van der Waals surface area contributed by atoms with Gasteiger partial charge in [0.1, 0.15) is 11.6 Å². The van der Waals surface area contributed by atoms with Crippen LogP contribution in [0.15, 0.2) is 24.4 Å². The first-order valence-corrected chi connectivity index (χ1v) is 6.31. The van der Waals surface area contributed by atoms with Crippen molar-refractivity contribution in [1.82, 2.24) is 20.2 Å². The summed E-state index contributed by atoms with van der Waals surface area (Å²) < 4.78 is 5.27. The lowest BCUT2D eigenvalue weighted by atomic mass is 10.2. The summed E-state index contributed by atoms with van der Waals surface area (Å²) in [5.41, 5.74) is 1.70. The summed E-state index contributed by atoms with van der Waals surface area (Å²) in [6.45, 7) is 0. The number of nitriles is 1. The number of benzene rings is 1. The van der Waals surface area contributed by atoms with Crippen LogP contribution in [0.25, 0.3) is 11.0 Å². The molecule has 0 atom stereocenters. The van der Waals surface area contributed by atoms with Crippen molar-refractivity contribution in [2.45, 2.75) is 0 Å². The smallest absolute Gasteiger partial charge is 0.226 e. The second-order valence-corrected chi connectivity index (χ2v) is 4.46. The van der Waals surface area contributed by atoms with Crippen molar-refractivity contribution in [3.05, 3.63) is 35.2 Å². The lowest BCUT2D eigenvalue weighted by molar-refractivity contribution is 0.416. The molecule has 0 spiro atoms. The van der Waals surface area contributed by atoms with Crippen LogP contribution < -0.4 is 10.1 Å². The third-order valence-electron chi connectivity index (χ3n) is 2.87. The van der Waals surface area contributed by atoms with E-state index in [9.17, 15) is 0 Å². The van der Waals surface area contributed by atoms with Gasteiger partial charge >= 0.3 is 0 Å². The van der Waals surface area contributed by atoms with E-state index in [1.807, 2.05) is 0 Å². The molecule has 2 heterocycles. The number of aromatic nitrogens is 4. The standard InChI is InChI=1S/C13H9ClN6O/c1-21-10-4-7(5-15)2-3-9(10)17-11-8-6-16-20-12(8)19-13(14)18-11/h2-4,6H,1H3,(H2,16,17,18,19,20). The molecule has 21 heavy (non-hydrogen) atoms. The molecule has 3 aromatic rings. The van der Waals surface area contributed by atoms with Gasteiger partial charge in [0.05, 0.1) is 36.0 Å². The van der Waals surface area contributed by atoms with Gasteiger partial charge in [-0.15, -0.1) is 0 Å². The number of anilines is 2. The molecule has 0 fully saturated rings. The first kappa shape index (κ1) is 13.1. The highest BCUT2D eigenvalue weighted by Crippen LogP contribution is 2.30. The van der Waals surface area contributed by atoms with E-state index in [1.165, 1.54) is 7.11 Å². The summed E-state index contributed by atoms with van der Waals surface area (Å²) in [7, 11) is 1.53. The number of fused-ring (bicyclic) bond motifs is 1. The maximum absolute atomic E-state index is 8.91. The lowest BCUT2D eigenvalue weighted by Gasteiger charge is -2.11. The van der Waals surface area contributed by atoms with Crippen molar-refractivity contribution in [2.24, 2.45) is 0 Å². The molecule has 0 unspecified atom stereocenters. The topological polar surface area (TPSA) is 99.5 Å². The van der Waals surface area contributed by atoms with Crippen molar-refractivity contribution in [3.63, 3.8) is 0 Å². The number of nitrogens with one attached hydrogen (secondary N) is 2. The van der Waals surface area contributed by atoms with Crippen molar-refractivity contribution in [3.8, 4) is 11.8 Å².